The molecule has 0 radical (unpaired) electrons. The van der Waals surface area contributed by atoms with Gasteiger partial charge in [0.1, 0.15) is 5.82 Å². The van der Waals surface area contributed by atoms with Crippen molar-refractivity contribution in [2.75, 3.05) is 42.2 Å². The Morgan fingerprint density at radius 1 is 1.15 bits per heavy atom. The molecule has 2 aromatic heterocycles. The van der Waals surface area contributed by atoms with Crippen molar-refractivity contribution in [3.63, 3.8) is 0 Å². The zero-order valence-electron chi connectivity index (χ0n) is 19.3. The molecule has 1 aromatic carbocycles. The Morgan fingerprint density at radius 3 is 2.71 bits per heavy atom. The molecule has 2 aliphatic rings. The van der Waals surface area contributed by atoms with Crippen LogP contribution in [0.1, 0.15) is 25.7 Å². The van der Waals surface area contributed by atoms with Gasteiger partial charge in [-0.1, -0.05) is 30.0 Å². The van der Waals surface area contributed by atoms with Crippen LogP contribution in [0.3, 0.4) is 0 Å². The average molecular weight is 480 g/mol. The predicted molar refractivity (Wildman–Crippen MR) is 133 cm³/mol. The second kappa shape index (κ2) is 10.0. The maximum absolute atomic E-state index is 12.8. The topological polar surface area (TPSA) is 96.2 Å². The Morgan fingerprint density at radius 2 is 1.94 bits per heavy atom. The number of hydrogen-bond acceptors (Lipinski definition) is 7. The van der Waals surface area contributed by atoms with E-state index in [-0.39, 0.29) is 24.2 Å². The maximum atomic E-state index is 12.8. The van der Waals surface area contributed by atoms with E-state index in [1.54, 1.807) is 4.90 Å². The SMILES string of the molecule is CSc1nc(N2CCCCC2)c2cnn(CCNC(=O)C3CC(=O)N(c4ccccc4)C3)c2n1. The Bertz CT molecular complexity index is 1180. The van der Waals surface area contributed by atoms with Crippen LogP contribution in [0.4, 0.5) is 11.5 Å². The number of nitrogens with zero attached hydrogens (tertiary/aromatic N) is 6. The highest BCUT2D eigenvalue weighted by molar-refractivity contribution is 7.98. The largest absolute Gasteiger partial charge is 0.356 e. The minimum Gasteiger partial charge on any atom is -0.356 e. The number of carbonyl (C=O) groups excluding carboxylic acids is 2. The number of hydrogen-bond donors (Lipinski definition) is 1. The normalized spacial score (nSPS) is 18.6. The standard InChI is InChI=1S/C24H29N7O2S/c1-34-24-27-21(29-11-6-3-7-12-29)19-15-26-31(22(19)28-24)13-10-25-23(33)17-14-20(32)30(16-17)18-8-4-2-5-9-18/h2,4-5,8-9,15,17H,3,6-7,10-14,16H2,1H3,(H,25,33). The maximum Gasteiger partial charge on any atom is 0.227 e. The lowest BCUT2D eigenvalue weighted by Gasteiger charge is -2.28. The summed E-state index contributed by atoms with van der Waals surface area (Å²) in [4.78, 5) is 38.7. The van der Waals surface area contributed by atoms with Crippen LogP contribution in [0.15, 0.2) is 41.7 Å². The van der Waals surface area contributed by atoms with E-state index < -0.39 is 0 Å². The molecule has 2 aliphatic heterocycles. The molecule has 34 heavy (non-hydrogen) atoms. The van der Waals surface area contributed by atoms with Gasteiger partial charge in [-0.05, 0) is 37.7 Å². The summed E-state index contributed by atoms with van der Waals surface area (Å²) in [6.45, 7) is 3.33. The van der Waals surface area contributed by atoms with E-state index >= 15 is 0 Å². The fourth-order valence-corrected chi connectivity index (χ4v) is 5.05. The molecule has 2 fully saturated rings. The van der Waals surface area contributed by atoms with Crippen molar-refractivity contribution in [1.82, 2.24) is 25.1 Å². The molecule has 2 amide bonds. The van der Waals surface area contributed by atoms with Gasteiger partial charge in [0.25, 0.3) is 0 Å². The number of carbonyl (C=O) groups is 2. The number of para-hydroxylation sites is 1. The van der Waals surface area contributed by atoms with Crippen LogP contribution in [0.2, 0.25) is 0 Å². The number of anilines is 2. The first-order valence-corrected chi connectivity index (χ1v) is 13.0. The number of nitrogens with one attached hydrogen (secondary N) is 1. The van der Waals surface area contributed by atoms with Gasteiger partial charge in [-0.25, -0.2) is 14.6 Å². The van der Waals surface area contributed by atoms with E-state index in [4.69, 9.17) is 9.97 Å². The summed E-state index contributed by atoms with van der Waals surface area (Å²) in [6.07, 6.45) is 7.64. The van der Waals surface area contributed by atoms with Gasteiger partial charge in [0.2, 0.25) is 11.8 Å². The minimum absolute atomic E-state index is 0.0176. The minimum atomic E-state index is -0.349. The summed E-state index contributed by atoms with van der Waals surface area (Å²) in [5, 5.41) is 9.21. The first kappa shape index (κ1) is 22.6. The molecule has 10 heteroatoms. The monoisotopic (exact) mass is 479 g/mol. The lowest BCUT2D eigenvalue weighted by atomic mass is 10.1. The number of benzene rings is 1. The van der Waals surface area contributed by atoms with Crippen LogP contribution >= 0.6 is 11.8 Å². The van der Waals surface area contributed by atoms with Crippen molar-refractivity contribution in [1.29, 1.82) is 0 Å². The third-order valence-corrected chi connectivity index (χ3v) is 7.03. The number of aromatic nitrogens is 4. The summed E-state index contributed by atoms with van der Waals surface area (Å²) in [5.41, 5.74) is 1.63. The van der Waals surface area contributed by atoms with Crippen molar-refractivity contribution >= 4 is 46.1 Å². The summed E-state index contributed by atoms with van der Waals surface area (Å²) in [7, 11) is 0. The summed E-state index contributed by atoms with van der Waals surface area (Å²) >= 11 is 1.52. The van der Waals surface area contributed by atoms with Crippen molar-refractivity contribution in [2.45, 2.75) is 37.4 Å². The highest BCUT2D eigenvalue weighted by Crippen LogP contribution is 2.29. The van der Waals surface area contributed by atoms with Crippen molar-refractivity contribution in [3.8, 4) is 0 Å². The Kier molecular flexibility index (Phi) is 6.66. The fraction of sp³-hybridized carbons (Fsp3) is 0.458. The molecule has 5 rings (SSSR count). The second-order valence-electron chi connectivity index (χ2n) is 8.72. The predicted octanol–water partition coefficient (Wildman–Crippen LogP) is 2.71. The van der Waals surface area contributed by atoms with Crippen LogP contribution in [0, 0.1) is 5.92 Å². The van der Waals surface area contributed by atoms with E-state index in [1.807, 2.05) is 47.5 Å². The zero-order valence-corrected chi connectivity index (χ0v) is 20.1. The molecule has 0 bridgehead atoms. The van der Waals surface area contributed by atoms with Crippen LogP contribution in [0.5, 0.6) is 0 Å². The number of rotatable bonds is 7. The van der Waals surface area contributed by atoms with Gasteiger partial charge < -0.3 is 15.1 Å². The van der Waals surface area contributed by atoms with E-state index in [9.17, 15) is 9.59 Å². The second-order valence-corrected chi connectivity index (χ2v) is 9.49. The summed E-state index contributed by atoms with van der Waals surface area (Å²) in [6, 6.07) is 9.49. The van der Waals surface area contributed by atoms with E-state index in [0.717, 1.165) is 40.8 Å². The van der Waals surface area contributed by atoms with Crippen LogP contribution < -0.4 is 15.1 Å². The quantitative estimate of drug-likeness (QED) is 0.411. The Hall–Kier alpha value is -3.14. The molecule has 0 aliphatic carbocycles. The number of thioether (sulfide) groups is 1. The van der Waals surface area contributed by atoms with Crippen LogP contribution in [-0.4, -0.2) is 64.0 Å². The van der Waals surface area contributed by atoms with E-state index in [2.05, 4.69) is 15.3 Å². The molecule has 1 N–H and O–H groups in total. The van der Waals surface area contributed by atoms with Crippen molar-refractivity contribution < 1.29 is 9.59 Å². The van der Waals surface area contributed by atoms with E-state index in [1.165, 1.54) is 31.0 Å². The first-order chi connectivity index (χ1) is 16.6. The highest BCUT2D eigenvalue weighted by Gasteiger charge is 2.34. The summed E-state index contributed by atoms with van der Waals surface area (Å²) < 4.78 is 1.83. The molecule has 1 unspecified atom stereocenters. The summed E-state index contributed by atoms with van der Waals surface area (Å²) in [5.74, 6) is 0.487. The van der Waals surface area contributed by atoms with Gasteiger partial charge in [0.15, 0.2) is 10.8 Å². The average Bonchev–Trinajstić information content (AvgIpc) is 3.48. The molecule has 178 valence electrons. The zero-order chi connectivity index (χ0) is 23.5. The van der Waals surface area contributed by atoms with Gasteiger partial charge in [-0.3, -0.25) is 9.59 Å². The van der Waals surface area contributed by atoms with Gasteiger partial charge in [-0.2, -0.15) is 5.10 Å². The van der Waals surface area contributed by atoms with Crippen LogP contribution in [-0.2, 0) is 16.1 Å². The van der Waals surface area contributed by atoms with Crippen molar-refractivity contribution in [2.24, 2.45) is 5.92 Å². The molecular weight excluding hydrogens is 450 g/mol. The van der Waals surface area contributed by atoms with E-state index in [0.29, 0.717) is 19.6 Å². The van der Waals surface area contributed by atoms with Gasteiger partial charge >= 0.3 is 0 Å². The van der Waals surface area contributed by atoms with Gasteiger partial charge in [0, 0.05) is 38.3 Å². The third-order valence-electron chi connectivity index (χ3n) is 6.48. The van der Waals surface area contributed by atoms with Gasteiger partial charge in [-0.15, -0.1) is 0 Å². The molecule has 3 aromatic rings. The molecule has 4 heterocycles. The highest BCUT2D eigenvalue weighted by atomic mass is 32.2. The number of fused-ring (bicyclic) bond motifs is 1. The molecule has 1 atom stereocenters. The molecule has 9 nitrogen and oxygen atoms in total. The molecule has 0 saturated carbocycles. The molecule has 0 spiro atoms. The Balaban J connectivity index is 1.24. The van der Waals surface area contributed by atoms with Gasteiger partial charge in [0.05, 0.1) is 24.0 Å². The smallest absolute Gasteiger partial charge is 0.227 e. The number of amides is 2. The lowest BCUT2D eigenvalue weighted by molar-refractivity contribution is -0.126. The lowest BCUT2D eigenvalue weighted by Crippen LogP contribution is -2.35. The first-order valence-electron chi connectivity index (χ1n) is 11.8. The molecule has 2 saturated heterocycles. The Labute approximate surface area is 202 Å². The van der Waals surface area contributed by atoms with Crippen LogP contribution in [0.25, 0.3) is 11.0 Å². The third kappa shape index (κ3) is 4.59. The fourth-order valence-electron chi connectivity index (χ4n) is 4.69. The van der Waals surface area contributed by atoms with Crippen molar-refractivity contribution in [3.05, 3.63) is 36.5 Å². The molecular formula is C24H29N7O2S. The number of piperidine rings is 1.